The molecule has 0 saturated heterocycles. The smallest absolute Gasteiger partial charge is 0.293 e. The van der Waals surface area contributed by atoms with Crippen molar-refractivity contribution in [3.05, 3.63) is 28.5 Å². The average Bonchev–Trinajstić information content (AvgIpc) is 2.21. The Hall–Kier alpha value is -1.42. The number of benzene rings is 1. The minimum absolute atomic E-state index is 0.185. The summed E-state index contributed by atoms with van der Waals surface area (Å²) in [6.45, 7) is 2.72. The van der Waals surface area contributed by atoms with Gasteiger partial charge >= 0.3 is 0 Å². The molecule has 0 atom stereocenters. The highest BCUT2D eigenvalue weighted by molar-refractivity contribution is 6.42. The van der Waals surface area contributed by atoms with Crippen LogP contribution in [0.15, 0.2) is 12.1 Å². The maximum atomic E-state index is 13.3. The Morgan fingerprint density at radius 2 is 1.94 bits per heavy atom. The number of hydrogen-bond acceptors (Lipinski definition) is 2. The normalized spacial score (nSPS) is 10.1. The molecule has 0 spiro atoms. The fourth-order valence-electron chi connectivity index (χ4n) is 1.24. The first-order chi connectivity index (χ1) is 7.34. The van der Waals surface area contributed by atoms with Crippen molar-refractivity contribution in [1.29, 1.82) is 0 Å². The number of likely N-dealkylation sites (N-methyl/N-ethyl adjacent to an activating group) is 1. The van der Waals surface area contributed by atoms with E-state index in [9.17, 15) is 14.0 Å². The first kappa shape index (κ1) is 12.6. The molecule has 16 heavy (non-hydrogen) atoms. The van der Waals surface area contributed by atoms with E-state index >= 15 is 0 Å². The minimum atomic E-state index is -0.731. The Morgan fingerprint density at radius 1 is 1.38 bits per heavy atom. The van der Waals surface area contributed by atoms with E-state index in [4.69, 9.17) is 11.6 Å². The number of amides is 1. The van der Waals surface area contributed by atoms with Crippen molar-refractivity contribution in [3.63, 3.8) is 0 Å². The van der Waals surface area contributed by atoms with E-state index in [1.54, 1.807) is 6.92 Å². The monoisotopic (exact) mass is 243 g/mol. The van der Waals surface area contributed by atoms with Gasteiger partial charge in [-0.2, -0.15) is 0 Å². The van der Waals surface area contributed by atoms with Gasteiger partial charge in [0.25, 0.3) is 5.91 Å². The highest BCUT2D eigenvalue weighted by Crippen LogP contribution is 2.28. The summed E-state index contributed by atoms with van der Waals surface area (Å²) < 4.78 is 13.3. The van der Waals surface area contributed by atoms with Crippen molar-refractivity contribution < 1.29 is 14.0 Å². The Kier molecular flexibility index (Phi) is 3.65. The van der Waals surface area contributed by atoms with Crippen LogP contribution in [0.1, 0.15) is 12.5 Å². The molecule has 0 unspecified atom stereocenters. The van der Waals surface area contributed by atoms with E-state index in [2.05, 4.69) is 0 Å². The standard InChI is InChI=1S/C11H11ClFNO2/c1-6-4-8(12)10(5-9(6)13)14(3)11(16)7(2)15/h4-5H,1-3H3. The van der Waals surface area contributed by atoms with Gasteiger partial charge in [0.2, 0.25) is 5.78 Å². The van der Waals surface area contributed by atoms with Crippen LogP contribution in [0.4, 0.5) is 10.1 Å². The molecule has 0 radical (unpaired) electrons. The molecule has 86 valence electrons. The van der Waals surface area contributed by atoms with Crippen LogP contribution in [-0.4, -0.2) is 18.7 Å². The summed E-state index contributed by atoms with van der Waals surface area (Å²) in [4.78, 5) is 23.3. The fraction of sp³-hybridized carbons (Fsp3) is 0.273. The second kappa shape index (κ2) is 4.61. The summed E-state index contributed by atoms with van der Waals surface area (Å²) in [5, 5.41) is 0.232. The highest BCUT2D eigenvalue weighted by Gasteiger charge is 2.19. The number of carbonyl (C=O) groups excluding carboxylic acids is 2. The van der Waals surface area contributed by atoms with Crippen molar-refractivity contribution in [2.45, 2.75) is 13.8 Å². The SMILES string of the molecule is CC(=O)C(=O)N(C)c1cc(F)c(C)cc1Cl. The molecule has 0 heterocycles. The Morgan fingerprint density at radius 3 is 2.44 bits per heavy atom. The summed E-state index contributed by atoms with van der Waals surface area (Å²) in [5.74, 6) is -1.83. The quantitative estimate of drug-likeness (QED) is 0.748. The molecule has 0 aliphatic rings. The number of hydrogen-bond donors (Lipinski definition) is 0. The number of anilines is 1. The van der Waals surface area contributed by atoms with Gasteiger partial charge in [-0.15, -0.1) is 0 Å². The largest absolute Gasteiger partial charge is 0.307 e. The van der Waals surface area contributed by atoms with Gasteiger partial charge in [-0.05, 0) is 24.6 Å². The summed E-state index contributed by atoms with van der Waals surface area (Å²) >= 11 is 5.87. The van der Waals surface area contributed by atoms with Crippen molar-refractivity contribution in [2.24, 2.45) is 0 Å². The zero-order valence-electron chi connectivity index (χ0n) is 9.17. The van der Waals surface area contributed by atoms with E-state index in [1.807, 2.05) is 0 Å². The Balaban J connectivity index is 3.19. The fourth-order valence-corrected chi connectivity index (χ4v) is 1.58. The van der Waals surface area contributed by atoms with Gasteiger partial charge in [0.15, 0.2) is 0 Å². The highest BCUT2D eigenvalue weighted by atomic mass is 35.5. The number of Topliss-reactive ketones (excluding diaryl/α,β-unsaturated/α-hetero) is 1. The molecule has 1 amide bonds. The predicted octanol–water partition coefficient (Wildman–Crippen LogP) is 2.34. The van der Waals surface area contributed by atoms with Crippen LogP contribution in [0.5, 0.6) is 0 Å². The van der Waals surface area contributed by atoms with E-state index in [1.165, 1.54) is 13.1 Å². The first-order valence-corrected chi connectivity index (χ1v) is 4.96. The summed E-state index contributed by atoms with van der Waals surface area (Å²) in [7, 11) is 1.37. The van der Waals surface area contributed by atoms with Crippen LogP contribution in [0, 0.1) is 12.7 Å². The molecule has 1 rings (SSSR count). The van der Waals surface area contributed by atoms with Crippen LogP contribution in [0.3, 0.4) is 0 Å². The van der Waals surface area contributed by atoms with Crippen LogP contribution < -0.4 is 4.90 Å². The van der Waals surface area contributed by atoms with Crippen LogP contribution in [0.2, 0.25) is 5.02 Å². The number of carbonyl (C=O) groups is 2. The third-order valence-electron chi connectivity index (χ3n) is 2.20. The van der Waals surface area contributed by atoms with Gasteiger partial charge in [-0.3, -0.25) is 9.59 Å². The van der Waals surface area contributed by atoms with E-state index in [0.717, 1.165) is 17.9 Å². The molecule has 0 fully saturated rings. The van der Waals surface area contributed by atoms with E-state index in [0.29, 0.717) is 5.56 Å². The first-order valence-electron chi connectivity index (χ1n) is 4.59. The van der Waals surface area contributed by atoms with Crippen molar-refractivity contribution in [2.75, 3.05) is 11.9 Å². The molecule has 5 heteroatoms. The van der Waals surface area contributed by atoms with Gasteiger partial charge in [-0.25, -0.2) is 4.39 Å². The third-order valence-corrected chi connectivity index (χ3v) is 2.50. The van der Waals surface area contributed by atoms with Gasteiger partial charge in [-0.1, -0.05) is 11.6 Å². The molecule has 0 aromatic heterocycles. The van der Waals surface area contributed by atoms with Crippen molar-refractivity contribution >= 4 is 29.0 Å². The average molecular weight is 244 g/mol. The zero-order chi connectivity index (χ0) is 12.5. The zero-order valence-corrected chi connectivity index (χ0v) is 9.93. The van der Waals surface area contributed by atoms with Gasteiger partial charge in [0.1, 0.15) is 5.82 Å². The van der Waals surface area contributed by atoms with Crippen molar-refractivity contribution in [3.8, 4) is 0 Å². The molecule has 1 aromatic carbocycles. The van der Waals surface area contributed by atoms with E-state index < -0.39 is 17.5 Å². The molecule has 0 saturated carbocycles. The topological polar surface area (TPSA) is 37.4 Å². The van der Waals surface area contributed by atoms with Gasteiger partial charge in [0, 0.05) is 14.0 Å². The number of aryl methyl sites for hydroxylation is 1. The van der Waals surface area contributed by atoms with Crippen molar-refractivity contribution in [1.82, 2.24) is 0 Å². The number of halogens is 2. The molecule has 3 nitrogen and oxygen atoms in total. The lowest BCUT2D eigenvalue weighted by Gasteiger charge is -2.17. The van der Waals surface area contributed by atoms with Crippen LogP contribution in [0.25, 0.3) is 0 Å². The summed E-state index contributed by atoms with van der Waals surface area (Å²) in [5.41, 5.74) is 0.572. The second-order valence-electron chi connectivity index (χ2n) is 3.47. The number of nitrogens with zero attached hydrogens (tertiary/aromatic N) is 1. The molecular weight excluding hydrogens is 233 g/mol. The molecule has 0 aliphatic carbocycles. The summed E-state index contributed by atoms with van der Waals surface area (Å²) in [6.07, 6.45) is 0. The third kappa shape index (κ3) is 2.39. The maximum Gasteiger partial charge on any atom is 0.293 e. The second-order valence-corrected chi connectivity index (χ2v) is 3.88. The molecular formula is C11H11ClFNO2. The van der Waals surface area contributed by atoms with Crippen LogP contribution in [-0.2, 0) is 9.59 Å². The lowest BCUT2D eigenvalue weighted by atomic mass is 10.2. The lowest BCUT2D eigenvalue weighted by Crippen LogP contribution is -2.31. The number of rotatable bonds is 2. The Bertz CT molecular complexity index is 460. The minimum Gasteiger partial charge on any atom is -0.307 e. The Labute approximate surface area is 97.8 Å². The number of ketones is 1. The van der Waals surface area contributed by atoms with Gasteiger partial charge < -0.3 is 4.90 Å². The lowest BCUT2D eigenvalue weighted by molar-refractivity contribution is -0.134. The van der Waals surface area contributed by atoms with E-state index in [-0.39, 0.29) is 10.7 Å². The molecule has 0 bridgehead atoms. The van der Waals surface area contributed by atoms with Gasteiger partial charge in [0.05, 0.1) is 10.7 Å². The molecule has 0 N–H and O–H groups in total. The molecule has 1 aromatic rings. The maximum absolute atomic E-state index is 13.3. The molecule has 0 aliphatic heterocycles. The van der Waals surface area contributed by atoms with Crippen LogP contribution >= 0.6 is 11.6 Å². The summed E-state index contributed by atoms with van der Waals surface area (Å²) in [6, 6.07) is 2.55. The predicted molar refractivity (Wildman–Crippen MR) is 60.2 cm³/mol.